The molecule has 4 heterocycles. The van der Waals surface area contributed by atoms with Gasteiger partial charge >= 0.3 is 5.97 Å². The van der Waals surface area contributed by atoms with Crippen LogP contribution in [0.5, 0.6) is 0 Å². The molecule has 0 spiro atoms. The maximum atomic E-state index is 14.9. The van der Waals surface area contributed by atoms with Gasteiger partial charge in [0.1, 0.15) is 54.4 Å². The third kappa shape index (κ3) is 23.8. The highest BCUT2D eigenvalue weighted by Crippen LogP contribution is 2.61. The number of amides is 10. The number of nitrogens with zero attached hydrogens (tertiary/aromatic N) is 5. The average Bonchev–Trinajstić information content (AvgIpc) is 1.25. The Hall–Kier alpha value is -9.48. The first-order chi connectivity index (χ1) is 49.2. The Labute approximate surface area is 604 Å². The van der Waals surface area contributed by atoms with E-state index in [2.05, 4.69) is 57.5 Å². The fraction of sp³-hybridized carbons (Fsp3) is 0.588. The topological polar surface area (TPSA) is 544 Å². The molecule has 4 saturated carbocycles. The molecule has 9 rings (SSSR count). The molecule has 0 unspecified atom stereocenters. The lowest BCUT2D eigenvalue weighted by molar-refractivity contribution is -0.148. The number of rotatable bonds is 39. The summed E-state index contributed by atoms with van der Waals surface area (Å²) in [4.78, 5) is 171. The molecule has 23 N–H and O–H groups in total. The first-order valence-electron chi connectivity index (χ1n) is 35.0. The number of aliphatic imine (C=N–C) groups is 3. The molecule has 103 heavy (non-hydrogen) atoms. The van der Waals surface area contributed by atoms with E-state index in [1.165, 1.54) is 46.8 Å². The summed E-state index contributed by atoms with van der Waals surface area (Å²) < 4.78 is 0. The number of likely N-dealkylation sites (tertiary alicyclic amines) is 2. The van der Waals surface area contributed by atoms with Gasteiger partial charge in [-0.05, 0) is 142 Å². The van der Waals surface area contributed by atoms with Crippen LogP contribution in [-0.2, 0) is 72.0 Å². The van der Waals surface area contributed by atoms with Gasteiger partial charge in [0.2, 0.25) is 59.1 Å². The molecule has 33 nitrogen and oxygen atoms in total. The zero-order valence-electron chi connectivity index (χ0n) is 57.6. The van der Waals surface area contributed by atoms with Crippen LogP contribution in [-0.4, -0.2) is 214 Å². The number of hydrogen-bond acceptors (Lipinski definition) is 18. The van der Waals surface area contributed by atoms with Gasteiger partial charge in [-0.2, -0.15) is 0 Å². The number of thiophene rings is 2. The molecule has 562 valence electrons. The molecular weight excluding hydrogens is 1370 g/mol. The summed E-state index contributed by atoms with van der Waals surface area (Å²) in [7, 11) is 0. The van der Waals surface area contributed by atoms with Crippen molar-refractivity contribution >= 4 is 106 Å². The van der Waals surface area contributed by atoms with Crippen LogP contribution in [0.4, 0.5) is 0 Å². The van der Waals surface area contributed by atoms with Crippen molar-refractivity contribution in [2.24, 2.45) is 72.5 Å². The molecule has 35 heteroatoms. The summed E-state index contributed by atoms with van der Waals surface area (Å²) in [5, 5.41) is 56.3. The SMILES string of the molecule is NC(N)=NCCC[C@H](NC(=O)[C@H](Cc1cccs1)NC(=O)[C@@H](Cc1ccccc1)NC(=O)[C@H](CO)NC(=O)[C@H](Cc1cccs1)NC(=O)CNC(=O)[C@@H]1C[C@@H](O)CN1C(=O)[C@@H]1CCCN1C(=O)[C@H](CCCN=C(N)N)NC(=O)[C@@H](CCCN=C(N)N)NC(=O)CC12CC3CC(CC(C3)C1)C2)C(=O)O. The highest BCUT2D eigenvalue weighted by atomic mass is 32.1. The highest BCUT2D eigenvalue weighted by Gasteiger charge is 2.52. The zero-order valence-corrected chi connectivity index (χ0v) is 59.2. The number of nitrogens with one attached hydrogen (secondary N) is 8. The van der Waals surface area contributed by atoms with Gasteiger partial charge in [-0.1, -0.05) is 42.5 Å². The van der Waals surface area contributed by atoms with Gasteiger partial charge in [0, 0.05) is 74.6 Å². The first kappa shape index (κ1) is 79.2. The Morgan fingerprint density at radius 2 is 1.00 bits per heavy atom. The summed E-state index contributed by atoms with van der Waals surface area (Å²) in [6, 6.07) is 3.12. The number of aliphatic hydroxyl groups is 2. The van der Waals surface area contributed by atoms with E-state index in [0.717, 1.165) is 24.2 Å². The molecule has 4 bridgehead atoms. The van der Waals surface area contributed by atoms with Crippen molar-refractivity contribution in [1.82, 2.24) is 52.3 Å². The van der Waals surface area contributed by atoms with E-state index in [4.69, 9.17) is 34.4 Å². The molecule has 2 saturated heterocycles. The number of benzene rings is 1. The van der Waals surface area contributed by atoms with Crippen LogP contribution in [0.3, 0.4) is 0 Å². The van der Waals surface area contributed by atoms with Crippen LogP contribution in [0.1, 0.15) is 118 Å². The second-order valence-electron chi connectivity index (χ2n) is 27.6. The highest BCUT2D eigenvalue weighted by molar-refractivity contribution is 7.10. The number of aliphatic carboxylic acids is 1. The third-order valence-electron chi connectivity index (χ3n) is 19.5. The number of carbonyl (C=O) groups is 11. The lowest BCUT2D eigenvalue weighted by Crippen LogP contribution is -2.60. The van der Waals surface area contributed by atoms with Crippen molar-refractivity contribution in [3.63, 3.8) is 0 Å². The second-order valence-corrected chi connectivity index (χ2v) is 29.6. The molecule has 3 aromatic rings. The molecular formula is C68H99N19O14S2. The van der Waals surface area contributed by atoms with Gasteiger partial charge < -0.3 is 102 Å². The van der Waals surface area contributed by atoms with Crippen molar-refractivity contribution in [3.05, 3.63) is 80.7 Å². The van der Waals surface area contributed by atoms with E-state index in [-0.39, 0.29) is 133 Å². The number of β-amino-alcohol motifs (C(OH)–C–C–N with tert-alkyl or cyclic N) is 1. The smallest absolute Gasteiger partial charge is 0.326 e. The van der Waals surface area contributed by atoms with Crippen molar-refractivity contribution in [2.45, 2.75) is 182 Å². The van der Waals surface area contributed by atoms with Crippen LogP contribution in [0.15, 0.2) is 80.3 Å². The fourth-order valence-corrected chi connectivity index (χ4v) is 16.7. The van der Waals surface area contributed by atoms with Crippen molar-refractivity contribution in [2.75, 3.05) is 45.9 Å². The van der Waals surface area contributed by atoms with E-state index in [0.29, 0.717) is 45.9 Å². The second kappa shape index (κ2) is 38.2. The Kier molecular flexibility index (Phi) is 29.3. The van der Waals surface area contributed by atoms with Crippen LogP contribution >= 0.6 is 22.7 Å². The van der Waals surface area contributed by atoms with E-state index >= 15 is 0 Å². The van der Waals surface area contributed by atoms with E-state index in [1.807, 2.05) is 0 Å². The van der Waals surface area contributed by atoms with E-state index in [9.17, 15) is 68.1 Å². The van der Waals surface area contributed by atoms with Crippen LogP contribution in [0, 0.1) is 23.2 Å². The first-order valence-corrected chi connectivity index (χ1v) is 36.8. The number of nitrogens with two attached hydrogens (primary N) is 6. The maximum absolute atomic E-state index is 14.9. The Morgan fingerprint density at radius 1 is 0.534 bits per heavy atom. The van der Waals surface area contributed by atoms with Crippen molar-refractivity contribution < 1.29 is 68.1 Å². The quantitative estimate of drug-likeness (QED) is 0.0155. The van der Waals surface area contributed by atoms with Crippen molar-refractivity contribution in [3.8, 4) is 0 Å². The largest absolute Gasteiger partial charge is 0.480 e. The van der Waals surface area contributed by atoms with Crippen LogP contribution in [0.25, 0.3) is 0 Å². The van der Waals surface area contributed by atoms with Gasteiger partial charge in [-0.15, -0.1) is 22.7 Å². The minimum Gasteiger partial charge on any atom is -0.480 e. The molecule has 6 fully saturated rings. The molecule has 2 aromatic heterocycles. The zero-order chi connectivity index (χ0) is 74.3. The molecule has 0 radical (unpaired) electrons. The molecule has 2 aliphatic heterocycles. The normalized spacial score (nSPS) is 22.1. The van der Waals surface area contributed by atoms with Gasteiger partial charge in [-0.25, -0.2) is 4.79 Å². The Morgan fingerprint density at radius 3 is 1.51 bits per heavy atom. The van der Waals surface area contributed by atoms with Gasteiger partial charge in [-0.3, -0.25) is 62.9 Å². The number of carboxylic acid groups (broad SMARTS) is 1. The number of guanidine groups is 3. The predicted molar refractivity (Wildman–Crippen MR) is 383 cm³/mol. The summed E-state index contributed by atoms with van der Waals surface area (Å²) >= 11 is 2.53. The molecule has 4 aliphatic carbocycles. The van der Waals surface area contributed by atoms with E-state index in [1.54, 1.807) is 65.4 Å². The Balaban J connectivity index is 0.904. The lowest BCUT2D eigenvalue weighted by atomic mass is 9.49. The Bertz CT molecular complexity index is 3480. The maximum Gasteiger partial charge on any atom is 0.326 e. The van der Waals surface area contributed by atoms with Crippen LogP contribution in [0.2, 0.25) is 0 Å². The summed E-state index contributed by atoms with van der Waals surface area (Å²) in [6.45, 7) is -1.62. The van der Waals surface area contributed by atoms with Crippen LogP contribution < -0.4 is 76.9 Å². The van der Waals surface area contributed by atoms with Crippen molar-refractivity contribution in [1.29, 1.82) is 0 Å². The minimum absolute atomic E-state index is 0.0220. The summed E-state index contributed by atoms with van der Waals surface area (Å²) in [6.07, 6.45) is 6.30. The number of hydrogen-bond donors (Lipinski definition) is 17. The molecule has 10 amide bonds. The standard InChI is InChI=1S/C68H99N19O14S2/c69-65(70)75-18-4-14-45(79-54(90)34-68-31-39-24-40(32-68)26-41(25-39)33-68)56(92)81-46(15-5-19-76-66(71)72)62(98)86-21-7-17-52(86)63(99)87-36-42(89)28-53(87)61(97)78-35-55(91)80-49(29-43-12-8-22-102-43)58(94)85-51(37-88)60(96)83-48(27-38-10-2-1-3-11-38)57(93)84-50(30-44-13-9-23-103-44)59(95)82-47(64(100)101)16-6-20-77-67(73)74/h1-3,8-13,22-23,39-42,45-53,88-89H,4-7,14-21,24-37H2,(H,78,97)(H,79,90)(H,80,91)(H,81,92)(H,82,95)(H,83,96)(H,84,93)(H,85,94)(H,100,101)(H4,69,70,75)(H4,71,72,76)(H4,73,74,77)/t39?,40?,41?,42-,45-,46+,47+,48-,49+,50+,51+,52+,53+,68?/m1/s1. The van der Waals surface area contributed by atoms with Gasteiger partial charge in [0.15, 0.2) is 17.9 Å². The predicted octanol–water partition coefficient (Wildman–Crippen LogP) is -2.86. The fourth-order valence-electron chi connectivity index (χ4n) is 15.2. The monoisotopic (exact) mass is 1470 g/mol. The molecule has 6 aliphatic rings. The molecule has 10 atom stereocenters. The lowest BCUT2D eigenvalue weighted by Gasteiger charge is -2.56. The average molecular weight is 1470 g/mol. The summed E-state index contributed by atoms with van der Waals surface area (Å²) in [5.74, 6) is -7.73. The number of carboxylic acids is 1. The van der Waals surface area contributed by atoms with Gasteiger partial charge in [0.25, 0.3) is 0 Å². The number of aliphatic hydroxyl groups excluding tert-OH is 2. The van der Waals surface area contributed by atoms with Gasteiger partial charge in [0.05, 0.1) is 19.3 Å². The third-order valence-corrected chi connectivity index (χ3v) is 21.3. The number of carbonyl (C=O) groups excluding carboxylic acids is 10. The van der Waals surface area contributed by atoms with E-state index < -0.39 is 133 Å². The summed E-state index contributed by atoms with van der Waals surface area (Å²) in [5.41, 5.74) is 33.7. The minimum atomic E-state index is -1.74. The molecule has 1 aromatic carbocycles.